The Morgan fingerprint density at radius 3 is 2.59 bits per heavy atom. The lowest BCUT2D eigenvalue weighted by atomic mass is 10.1. The van der Waals surface area contributed by atoms with Crippen LogP contribution in [0, 0.1) is 5.82 Å². The molecule has 2 N–H and O–H groups in total. The molecule has 0 spiro atoms. The summed E-state index contributed by atoms with van der Waals surface area (Å²) in [5.74, 6) is -0.316. The standard InChI is InChI=1S/C13H19ClFNO/c1-13(2,3)17-8-11(16)6-9-4-5-10(14)7-12(9)15/h4-5,7,11H,6,8,16H2,1-3H3. The number of benzene rings is 1. The molecular weight excluding hydrogens is 241 g/mol. The Morgan fingerprint density at radius 2 is 2.06 bits per heavy atom. The van der Waals surface area contributed by atoms with Gasteiger partial charge in [0.25, 0.3) is 0 Å². The van der Waals surface area contributed by atoms with Crippen molar-refractivity contribution in [2.24, 2.45) is 5.73 Å². The Hall–Kier alpha value is -0.640. The number of nitrogens with two attached hydrogens (primary N) is 1. The van der Waals surface area contributed by atoms with Crippen molar-refractivity contribution in [3.05, 3.63) is 34.6 Å². The minimum atomic E-state index is -0.316. The molecule has 0 aliphatic heterocycles. The lowest BCUT2D eigenvalue weighted by Crippen LogP contribution is -2.33. The van der Waals surface area contributed by atoms with Gasteiger partial charge in [0.05, 0.1) is 12.2 Å². The summed E-state index contributed by atoms with van der Waals surface area (Å²) in [5.41, 5.74) is 6.24. The molecule has 2 nitrogen and oxygen atoms in total. The van der Waals surface area contributed by atoms with Crippen molar-refractivity contribution in [2.75, 3.05) is 6.61 Å². The molecule has 1 unspecified atom stereocenters. The molecule has 0 saturated heterocycles. The first-order chi connectivity index (χ1) is 7.78. The van der Waals surface area contributed by atoms with Crippen LogP contribution in [-0.2, 0) is 11.2 Å². The molecule has 0 bridgehead atoms. The van der Waals surface area contributed by atoms with Gasteiger partial charge in [0.15, 0.2) is 0 Å². The zero-order chi connectivity index (χ0) is 13.1. The van der Waals surface area contributed by atoms with E-state index in [0.29, 0.717) is 23.6 Å². The Balaban J connectivity index is 2.53. The molecule has 0 aromatic heterocycles. The Kier molecular flexibility index (Phi) is 4.92. The normalized spacial score (nSPS) is 13.8. The van der Waals surface area contributed by atoms with E-state index >= 15 is 0 Å². The first-order valence-corrected chi connectivity index (χ1v) is 5.99. The highest BCUT2D eigenvalue weighted by Crippen LogP contribution is 2.16. The highest BCUT2D eigenvalue weighted by molar-refractivity contribution is 6.30. The minimum absolute atomic E-state index is 0.218. The van der Waals surface area contributed by atoms with Gasteiger partial charge in [0.2, 0.25) is 0 Å². The highest BCUT2D eigenvalue weighted by atomic mass is 35.5. The van der Waals surface area contributed by atoms with E-state index in [4.69, 9.17) is 22.1 Å². The number of hydrogen-bond acceptors (Lipinski definition) is 2. The maximum atomic E-state index is 13.5. The smallest absolute Gasteiger partial charge is 0.127 e. The molecule has 1 atom stereocenters. The van der Waals surface area contributed by atoms with Crippen LogP contribution in [-0.4, -0.2) is 18.2 Å². The van der Waals surface area contributed by atoms with E-state index in [1.54, 1.807) is 12.1 Å². The predicted octanol–water partition coefficient (Wildman–Crippen LogP) is 3.16. The SMILES string of the molecule is CC(C)(C)OCC(N)Cc1ccc(Cl)cc1F. The third-order valence-corrected chi connectivity index (χ3v) is 2.46. The van der Waals surface area contributed by atoms with Crippen LogP contribution in [0.3, 0.4) is 0 Å². The van der Waals surface area contributed by atoms with Crippen molar-refractivity contribution in [2.45, 2.75) is 38.8 Å². The fourth-order valence-corrected chi connectivity index (χ4v) is 1.54. The van der Waals surface area contributed by atoms with E-state index in [9.17, 15) is 4.39 Å². The third-order valence-electron chi connectivity index (χ3n) is 2.23. The van der Waals surface area contributed by atoms with Crippen molar-refractivity contribution in [3.8, 4) is 0 Å². The largest absolute Gasteiger partial charge is 0.374 e. The fraction of sp³-hybridized carbons (Fsp3) is 0.538. The van der Waals surface area contributed by atoms with E-state index < -0.39 is 0 Å². The monoisotopic (exact) mass is 259 g/mol. The van der Waals surface area contributed by atoms with Crippen LogP contribution in [0.1, 0.15) is 26.3 Å². The molecule has 0 radical (unpaired) electrons. The molecule has 0 aliphatic carbocycles. The first-order valence-electron chi connectivity index (χ1n) is 5.61. The van der Waals surface area contributed by atoms with Crippen LogP contribution in [0.2, 0.25) is 5.02 Å². The number of ether oxygens (including phenoxy) is 1. The van der Waals surface area contributed by atoms with Crippen LogP contribution < -0.4 is 5.73 Å². The number of halogens is 2. The van der Waals surface area contributed by atoms with Crippen molar-refractivity contribution >= 4 is 11.6 Å². The van der Waals surface area contributed by atoms with Gasteiger partial charge < -0.3 is 10.5 Å². The highest BCUT2D eigenvalue weighted by Gasteiger charge is 2.14. The van der Waals surface area contributed by atoms with Gasteiger partial charge in [0.1, 0.15) is 5.82 Å². The molecule has 96 valence electrons. The second-order valence-corrected chi connectivity index (χ2v) is 5.56. The van der Waals surface area contributed by atoms with Gasteiger partial charge in [-0.15, -0.1) is 0 Å². The summed E-state index contributed by atoms with van der Waals surface area (Å²) >= 11 is 5.68. The molecule has 0 saturated carbocycles. The molecule has 1 rings (SSSR count). The van der Waals surface area contributed by atoms with Crippen molar-refractivity contribution < 1.29 is 9.13 Å². The van der Waals surface area contributed by atoms with Gasteiger partial charge in [-0.05, 0) is 44.9 Å². The summed E-state index contributed by atoms with van der Waals surface area (Å²) < 4.78 is 19.1. The Labute approximate surface area is 107 Å². The summed E-state index contributed by atoms with van der Waals surface area (Å²) in [6, 6.07) is 4.41. The van der Waals surface area contributed by atoms with Crippen molar-refractivity contribution in [1.29, 1.82) is 0 Å². The van der Waals surface area contributed by atoms with Gasteiger partial charge in [-0.25, -0.2) is 4.39 Å². The van der Waals surface area contributed by atoms with Crippen LogP contribution >= 0.6 is 11.6 Å². The van der Waals surface area contributed by atoms with Gasteiger partial charge in [-0.1, -0.05) is 17.7 Å². The van der Waals surface area contributed by atoms with Crippen LogP contribution in [0.5, 0.6) is 0 Å². The quantitative estimate of drug-likeness (QED) is 0.902. The third kappa shape index (κ3) is 5.48. The molecule has 0 fully saturated rings. The zero-order valence-electron chi connectivity index (χ0n) is 10.5. The summed E-state index contributed by atoms with van der Waals surface area (Å²) in [5, 5.41) is 0.394. The average molecular weight is 260 g/mol. The summed E-state index contributed by atoms with van der Waals surface area (Å²) in [7, 11) is 0. The maximum Gasteiger partial charge on any atom is 0.127 e. The lowest BCUT2D eigenvalue weighted by molar-refractivity contribution is -0.00989. The predicted molar refractivity (Wildman–Crippen MR) is 68.8 cm³/mol. The van der Waals surface area contributed by atoms with Crippen LogP contribution in [0.15, 0.2) is 18.2 Å². The van der Waals surface area contributed by atoms with Gasteiger partial charge in [0, 0.05) is 11.1 Å². The summed E-state index contributed by atoms with van der Waals surface area (Å²) in [4.78, 5) is 0. The summed E-state index contributed by atoms with van der Waals surface area (Å²) in [6.45, 7) is 6.29. The molecule has 1 aromatic rings. The molecular formula is C13H19ClFNO. The van der Waals surface area contributed by atoms with Gasteiger partial charge in [-0.2, -0.15) is 0 Å². The fourth-order valence-electron chi connectivity index (χ4n) is 1.39. The zero-order valence-corrected chi connectivity index (χ0v) is 11.2. The second kappa shape index (κ2) is 5.80. The van der Waals surface area contributed by atoms with Gasteiger partial charge in [-0.3, -0.25) is 0 Å². The van der Waals surface area contributed by atoms with Crippen molar-refractivity contribution in [1.82, 2.24) is 0 Å². The molecule has 4 heteroatoms. The molecule has 0 aliphatic rings. The lowest BCUT2D eigenvalue weighted by Gasteiger charge is -2.22. The molecule has 0 amide bonds. The molecule has 17 heavy (non-hydrogen) atoms. The van der Waals surface area contributed by atoms with E-state index in [-0.39, 0.29) is 17.5 Å². The Bertz CT molecular complexity index is 376. The topological polar surface area (TPSA) is 35.2 Å². The Morgan fingerprint density at radius 1 is 1.41 bits per heavy atom. The first kappa shape index (κ1) is 14.4. The van der Waals surface area contributed by atoms with E-state index in [2.05, 4.69) is 0 Å². The molecule has 0 heterocycles. The maximum absolute atomic E-state index is 13.5. The minimum Gasteiger partial charge on any atom is -0.374 e. The van der Waals surface area contributed by atoms with E-state index in [1.807, 2.05) is 20.8 Å². The molecule has 1 aromatic carbocycles. The van der Waals surface area contributed by atoms with Crippen LogP contribution in [0.25, 0.3) is 0 Å². The van der Waals surface area contributed by atoms with Crippen molar-refractivity contribution in [3.63, 3.8) is 0 Å². The number of hydrogen-bond donors (Lipinski definition) is 1. The number of rotatable bonds is 4. The van der Waals surface area contributed by atoms with Gasteiger partial charge >= 0.3 is 0 Å². The van der Waals surface area contributed by atoms with Crippen LogP contribution in [0.4, 0.5) is 4.39 Å². The summed E-state index contributed by atoms with van der Waals surface area (Å²) in [6.07, 6.45) is 0.444. The second-order valence-electron chi connectivity index (χ2n) is 5.12. The van der Waals surface area contributed by atoms with E-state index in [0.717, 1.165) is 0 Å². The average Bonchev–Trinajstić information content (AvgIpc) is 2.18. The van der Waals surface area contributed by atoms with E-state index in [1.165, 1.54) is 6.07 Å².